The van der Waals surface area contributed by atoms with Gasteiger partial charge in [-0.2, -0.15) is 0 Å². The van der Waals surface area contributed by atoms with Crippen LogP contribution in [0.2, 0.25) is 0 Å². The van der Waals surface area contributed by atoms with E-state index in [0.29, 0.717) is 24.3 Å². The van der Waals surface area contributed by atoms with E-state index in [1.807, 2.05) is 0 Å². The van der Waals surface area contributed by atoms with Gasteiger partial charge < -0.3 is 15.8 Å². The number of oxime groups is 1. The van der Waals surface area contributed by atoms with Crippen LogP contribution in [0.25, 0.3) is 0 Å². The molecular formula is C14H14N4O2S. The zero-order valence-corrected chi connectivity index (χ0v) is 12.0. The van der Waals surface area contributed by atoms with Gasteiger partial charge in [-0.25, -0.2) is 0 Å². The maximum Gasteiger partial charge on any atom is 0.272 e. The number of carbonyl (C=O) groups is 1. The molecule has 3 rings (SSSR count). The van der Waals surface area contributed by atoms with Gasteiger partial charge >= 0.3 is 0 Å². The summed E-state index contributed by atoms with van der Waals surface area (Å²) in [5.41, 5.74) is 7.53. The van der Waals surface area contributed by atoms with Crippen molar-refractivity contribution in [1.82, 2.24) is 9.88 Å². The zero-order valence-electron chi connectivity index (χ0n) is 11.2. The van der Waals surface area contributed by atoms with Crippen LogP contribution in [-0.4, -0.2) is 33.4 Å². The van der Waals surface area contributed by atoms with Crippen molar-refractivity contribution in [2.24, 2.45) is 10.9 Å². The van der Waals surface area contributed by atoms with E-state index in [0.717, 1.165) is 6.42 Å². The van der Waals surface area contributed by atoms with Crippen LogP contribution in [-0.2, 0) is 13.0 Å². The molecule has 0 saturated carbocycles. The first-order chi connectivity index (χ1) is 10.2. The zero-order chi connectivity index (χ0) is 14.8. The molecule has 0 spiro atoms. The summed E-state index contributed by atoms with van der Waals surface area (Å²) < 4.78 is 0. The Morgan fingerprint density at radius 2 is 2.29 bits per heavy atom. The SMILES string of the molecule is NC(=NO)c1ccc(C(=O)N2CCc3sccc3C2)nc1. The van der Waals surface area contributed by atoms with Crippen molar-refractivity contribution in [3.63, 3.8) is 0 Å². The van der Waals surface area contributed by atoms with Crippen molar-refractivity contribution in [1.29, 1.82) is 0 Å². The molecule has 21 heavy (non-hydrogen) atoms. The second-order valence-electron chi connectivity index (χ2n) is 4.76. The van der Waals surface area contributed by atoms with E-state index in [4.69, 9.17) is 10.9 Å². The molecular weight excluding hydrogens is 288 g/mol. The maximum atomic E-state index is 12.4. The Labute approximate surface area is 125 Å². The number of carbonyl (C=O) groups excluding carboxylic acids is 1. The minimum atomic E-state index is -0.0992. The lowest BCUT2D eigenvalue weighted by Gasteiger charge is -2.26. The van der Waals surface area contributed by atoms with Crippen LogP contribution in [0, 0.1) is 0 Å². The molecule has 3 N–H and O–H groups in total. The number of amides is 1. The van der Waals surface area contributed by atoms with Crippen LogP contribution in [0.1, 0.15) is 26.5 Å². The Morgan fingerprint density at radius 1 is 1.43 bits per heavy atom. The fraction of sp³-hybridized carbons (Fsp3) is 0.214. The molecule has 2 aromatic heterocycles. The van der Waals surface area contributed by atoms with Gasteiger partial charge in [0.05, 0.1) is 0 Å². The summed E-state index contributed by atoms with van der Waals surface area (Å²) in [5.74, 6) is -0.125. The largest absolute Gasteiger partial charge is 0.409 e. The first-order valence-electron chi connectivity index (χ1n) is 6.47. The summed E-state index contributed by atoms with van der Waals surface area (Å²) in [4.78, 5) is 19.7. The van der Waals surface area contributed by atoms with Crippen LogP contribution in [0.4, 0.5) is 0 Å². The van der Waals surface area contributed by atoms with Gasteiger partial charge in [0.2, 0.25) is 0 Å². The number of fused-ring (bicyclic) bond motifs is 1. The number of nitrogens with two attached hydrogens (primary N) is 1. The third kappa shape index (κ3) is 2.59. The van der Waals surface area contributed by atoms with Crippen molar-refractivity contribution < 1.29 is 10.0 Å². The lowest BCUT2D eigenvalue weighted by molar-refractivity contribution is 0.0730. The molecule has 3 heterocycles. The van der Waals surface area contributed by atoms with Crippen molar-refractivity contribution in [3.8, 4) is 0 Å². The normalized spacial score (nSPS) is 14.9. The Kier molecular flexibility index (Phi) is 3.57. The topological polar surface area (TPSA) is 91.8 Å². The second-order valence-corrected chi connectivity index (χ2v) is 5.76. The molecule has 108 valence electrons. The highest BCUT2D eigenvalue weighted by Crippen LogP contribution is 2.24. The van der Waals surface area contributed by atoms with E-state index in [2.05, 4.69) is 21.6 Å². The Hall–Kier alpha value is -2.41. The first kappa shape index (κ1) is 13.6. The van der Waals surface area contributed by atoms with Crippen molar-refractivity contribution in [3.05, 3.63) is 51.5 Å². The molecule has 2 aromatic rings. The van der Waals surface area contributed by atoms with E-state index in [1.54, 1.807) is 28.4 Å². The minimum Gasteiger partial charge on any atom is -0.409 e. The quantitative estimate of drug-likeness (QED) is 0.380. The number of hydrogen-bond acceptors (Lipinski definition) is 5. The minimum absolute atomic E-state index is 0.0256. The van der Waals surface area contributed by atoms with E-state index in [1.165, 1.54) is 16.6 Å². The third-order valence-electron chi connectivity index (χ3n) is 3.48. The summed E-state index contributed by atoms with van der Waals surface area (Å²) in [6.07, 6.45) is 2.32. The number of nitrogens with zero attached hydrogens (tertiary/aromatic N) is 3. The summed E-state index contributed by atoms with van der Waals surface area (Å²) in [6, 6.07) is 5.28. The monoisotopic (exact) mass is 302 g/mol. The first-order valence-corrected chi connectivity index (χ1v) is 7.35. The van der Waals surface area contributed by atoms with Crippen LogP contribution >= 0.6 is 11.3 Å². The predicted octanol–water partition coefficient (Wildman–Crippen LogP) is 1.44. The fourth-order valence-corrected chi connectivity index (χ4v) is 3.20. The number of rotatable bonds is 2. The van der Waals surface area contributed by atoms with Crippen LogP contribution in [0.15, 0.2) is 34.9 Å². The highest BCUT2D eigenvalue weighted by atomic mass is 32.1. The molecule has 0 fully saturated rings. The lowest BCUT2D eigenvalue weighted by Crippen LogP contribution is -2.35. The standard InChI is InChI=1S/C14H14N4O2S/c15-13(17-20)9-1-2-11(16-7-9)14(19)18-5-3-12-10(8-18)4-6-21-12/h1-2,4,6-7,20H,3,5,8H2,(H2,15,17). The van der Waals surface area contributed by atoms with Gasteiger partial charge in [0.15, 0.2) is 5.84 Å². The highest BCUT2D eigenvalue weighted by Gasteiger charge is 2.23. The smallest absolute Gasteiger partial charge is 0.272 e. The van der Waals surface area contributed by atoms with Crippen molar-refractivity contribution in [2.75, 3.05) is 6.54 Å². The molecule has 1 amide bonds. The molecule has 1 aliphatic rings. The Balaban J connectivity index is 1.77. The number of thiophene rings is 1. The molecule has 0 bridgehead atoms. The fourth-order valence-electron chi connectivity index (χ4n) is 2.31. The Morgan fingerprint density at radius 3 is 3.00 bits per heavy atom. The molecule has 6 nitrogen and oxygen atoms in total. The van der Waals surface area contributed by atoms with Crippen LogP contribution in [0.5, 0.6) is 0 Å². The van der Waals surface area contributed by atoms with E-state index in [9.17, 15) is 4.79 Å². The summed E-state index contributed by atoms with van der Waals surface area (Å²) >= 11 is 1.74. The maximum absolute atomic E-state index is 12.4. The third-order valence-corrected chi connectivity index (χ3v) is 4.50. The molecule has 0 atom stereocenters. The van der Waals surface area contributed by atoms with Gasteiger partial charge in [0, 0.05) is 29.7 Å². The van der Waals surface area contributed by atoms with Gasteiger partial charge in [-0.1, -0.05) is 5.16 Å². The van der Waals surface area contributed by atoms with Crippen LogP contribution in [0.3, 0.4) is 0 Å². The van der Waals surface area contributed by atoms with E-state index >= 15 is 0 Å². The molecule has 1 aliphatic heterocycles. The molecule has 0 radical (unpaired) electrons. The lowest BCUT2D eigenvalue weighted by atomic mass is 10.1. The summed E-state index contributed by atoms with van der Waals surface area (Å²) in [5, 5.41) is 13.6. The molecule has 0 unspecified atom stereocenters. The van der Waals surface area contributed by atoms with E-state index in [-0.39, 0.29) is 11.7 Å². The summed E-state index contributed by atoms with van der Waals surface area (Å²) in [6.45, 7) is 1.33. The van der Waals surface area contributed by atoms with Gasteiger partial charge in [-0.05, 0) is 35.6 Å². The van der Waals surface area contributed by atoms with Gasteiger partial charge in [0.25, 0.3) is 5.91 Å². The number of amidine groups is 1. The average molecular weight is 302 g/mol. The van der Waals surface area contributed by atoms with Gasteiger partial charge in [-0.3, -0.25) is 9.78 Å². The highest BCUT2D eigenvalue weighted by molar-refractivity contribution is 7.10. The Bertz CT molecular complexity index is 693. The average Bonchev–Trinajstić information content (AvgIpc) is 3.01. The van der Waals surface area contributed by atoms with Crippen molar-refractivity contribution in [2.45, 2.75) is 13.0 Å². The number of aromatic nitrogens is 1. The molecule has 0 aliphatic carbocycles. The summed E-state index contributed by atoms with van der Waals surface area (Å²) in [7, 11) is 0. The molecule has 7 heteroatoms. The molecule has 0 saturated heterocycles. The molecule has 0 aromatic carbocycles. The second kappa shape index (κ2) is 5.53. The van der Waals surface area contributed by atoms with Gasteiger partial charge in [-0.15, -0.1) is 11.3 Å². The number of pyridine rings is 1. The predicted molar refractivity (Wildman–Crippen MR) is 79.5 cm³/mol. The van der Waals surface area contributed by atoms with E-state index < -0.39 is 0 Å². The van der Waals surface area contributed by atoms with Gasteiger partial charge in [0.1, 0.15) is 5.69 Å². The van der Waals surface area contributed by atoms with Crippen molar-refractivity contribution >= 4 is 23.1 Å². The van der Waals surface area contributed by atoms with Crippen LogP contribution < -0.4 is 5.73 Å². The number of hydrogen-bond donors (Lipinski definition) is 2.